The fraction of sp³-hybridized carbons (Fsp3) is 0.0952. The summed E-state index contributed by atoms with van der Waals surface area (Å²) < 4.78 is 36.6. The molecule has 0 aliphatic rings. The van der Waals surface area contributed by atoms with Gasteiger partial charge in [0.05, 0.1) is 11.6 Å². The smallest absolute Gasteiger partial charge is 0.417 e. The Morgan fingerprint density at radius 1 is 1.20 bits per heavy atom. The van der Waals surface area contributed by atoms with Gasteiger partial charge in [0.1, 0.15) is 17.3 Å². The molecule has 2 heterocycles. The summed E-state index contributed by atoms with van der Waals surface area (Å²) in [6, 6.07) is 12.4. The van der Waals surface area contributed by atoms with Gasteiger partial charge in [0.15, 0.2) is 5.58 Å². The highest BCUT2D eigenvalue weighted by Crippen LogP contribution is 2.25. The summed E-state index contributed by atoms with van der Waals surface area (Å²) in [6.07, 6.45) is 1.42. The number of aromatic amines is 1. The molecule has 0 aliphatic carbocycles. The second kappa shape index (κ2) is 8.16. The number of fused-ring (bicyclic) bond motifs is 1. The van der Waals surface area contributed by atoms with Crippen LogP contribution in [0.2, 0.25) is 0 Å². The highest BCUT2D eigenvalue weighted by molar-refractivity contribution is 5.97. The molecule has 2 N–H and O–H groups in total. The lowest BCUT2D eigenvalue weighted by Crippen LogP contribution is -2.30. The van der Waals surface area contributed by atoms with Gasteiger partial charge >= 0.3 is 5.76 Å². The first kappa shape index (κ1) is 19.3. The summed E-state index contributed by atoms with van der Waals surface area (Å²) in [5, 5.41) is 2.74. The number of nitrogens with zero attached hydrogens (tertiary/aromatic N) is 1. The fourth-order valence-electron chi connectivity index (χ4n) is 3.04. The maximum atomic E-state index is 14.4. The normalized spacial score (nSPS) is 11.9. The molecule has 4 aromatic rings. The van der Waals surface area contributed by atoms with Crippen LogP contribution in [0.5, 0.6) is 5.75 Å². The summed E-state index contributed by atoms with van der Waals surface area (Å²) in [7, 11) is 0. The Hall–Kier alpha value is -4.01. The SMILES string of the molecule is O=C(N[C@@H](c1ccc(OCF)cc1)c1ncccc1F)c1ccc2[nH]c(=O)oc2c1. The van der Waals surface area contributed by atoms with E-state index in [1.54, 1.807) is 12.1 Å². The third-order valence-electron chi connectivity index (χ3n) is 4.45. The Morgan fingerprint density at radius 3 is 2.73 bits per heavy atom. The van der Waals surface area contributed by atoms with Crippen LogP contribution in [-0.2, 0) is 0 Å². The highest BCUT2D eigenvalue weighted by atomic mass is 19.1. The summed E-state index contributed by atoms with van der Waals surface area (Å²) in [4.78, 5) is 30.7. The van der Waals surface area contributed by atoms with Crippen molar-refractivity contribution < 1.29 is 22.7 Å². The highest BCUT2D eigenvalue weighted by Gasteiger charge is 2.23. The first-order chi connectivity index (χ1) is 14.5. The first-order valence-electron chi connectivity index (χ1n) is 8.88. The topological polar surface area (TPSA) is 97.2 Å². The number of halogens is 2. The number of hydrogen-bond acceptors (Lipinski definition) is 5. The Balaban J connectivity index is 1.68. The predicted molar refractivity (Wildman–Crippen MR) is 103 cm³/mol. The molecule has 152 valence electrons. The van der Waals surface area contributed by atoms with Gasteiger partial charge in [-0.3, -0.25) is 14.8 Å². The number of pyridine rings is 1. The largest absolute Gasteiger partial charge is 0.463 e. The van der Waals surface area contributed by atoms with Crippen molar-refractivity contribution in [1.29, 1.82) is 0 Å². The minimum Gasteiger partial charge on any atom is -0.463 e. The number of benzene rings is 2. The lowest BCUT2D eigenvalue weighted by molar-refractivity contribution is 0.0941. The van der Waals surface area contributed by atoms with Gasteiger partial charge in [-0.25, -0.2) is 13.6 Å². The number of nitrogens with one attached hydrogen (secondary N) is 2. The molecule has 0 unspecified atom stereocenters. The van der Waals surface area contributed by atoms with Crippen LogP contribution in [0.1, 0.15) is 27.7 Å². The van der Waals surface area contributed by atoms with E-state index < -0.39 is 30.4 Å². The molecule has 0 bridgehead atoms. The van der Waals surface area contributed by atoms with Crippen LogP contribution in [0.25, 0.3) is 11.1 Å². The van der Waals surface area contributed by atoms with E-state index in [1.807, 2.05) is 0 Å². The van der Waals surface area contributed by atoms with Crippen molar-refractivity contribution in [3.8, 4) is 5.75 Å². The van der Waals surface area contributed by atoms with Crippen LogP contribution in [0.3, 0.4) is 0 Å². The lowest BCUT2D eigenvalue weighted by Gasteiger charge is -2.20. The summed E-state index contributed by atoms with van der Waals surface area (Å²) in [5.74, 6) is -1.47. The maximum Gasteiger partial charge on any atom is 0.417 e. The molecule has 30 heavy (non-hydrogen) atoms. The van der Waals surface area contributed by atoms with Crippen molar-refractivity contribution in [2.75, 3.05) is 6.86 Å². The number of H-pyrrole nitrogens is 1. The number of rotatable bonds is 6. The zero-order valence-corrected chi connectivity index (χ0v) is 15.4. The monoisotopic (exact) mass is 411 g/mol. The second-order valence-corrected chi connectivity index (χ2v) is 6.32. The average molecular weight is 411 g/mol. The third-order valence-corrected chi connectivity index (χ3v) is 4.45. The Bertz CT molecular complexity index is 1250. The van der Waals surface area contributed by atoms with Gasteiger partial charge < -0.3 is 14.5 Å². The number of carbonyl (C=O) groups is 1. The van der Waals surface area contributed by atoms with E-state index in [0.717, 1.165) is 0 Å². The van der Waals surface area contributed by atoms with Crippen molar-refractivity contribution >= 4 is 17.0 Å². The molecule has 0 fully saturated rings. The van der Waals surface area contributed by atoms with Crippen LogP contribution in [0.15, 0.2) is 70.0 Å². The summed E-state index contributed by atoms with van der Waals surface area (Å²) in [5.41, 5.74) is 1.41. The number of aromatic nitrogens is 2. The molecule has 9 heteroatoms. The van der Waals surface area contributed by atoms with Gasteiger partial charge in [-0.05, 0) is 48.0 Å². The van der Waals surface area contributed by atoms with Crippen molar-refractivity contribution in [3.05, 3.63) is 94.0 Å². The average Bonchev–Trinajstić information content (AvgIpc) is 3.12. The minimum atomic E-state index is -0.980. The molecule has 1 amide bonds. The molecule has 0 radical (unpaired) electrons. The van der Waals surface area contributed by atoms with E-state index >= 15 is 0 Å². The van der Waals surface area contributed by atoms with Crippen molar-refractivity contribution in [2.45, 2.75) is 6.04 Å². The van der Waals surface area contributed by atoms with Crippen LogP contribution >= 0.6 is 0 Å². The Kier molecular flexibility index (Phi) is 5.25. The van der Waals surface area contributed by atoms with Gasteiger partial charge in [0.25, 0.3) is 5.91 Å². The van der Waals surface area contributed by atoms with E-state index in [1.165, 1.54) is 48.7 Å². The van der Waals surface area contributed by atoms with Crippen LogP contribution in [0.4, 0.5) is 8.78 Å². The van der Waals surface area contributed by atoms with Gasteiger partial charge in [-0.1, -0.05) is 12.1 Å². The number of alkyl halides is 1. The summed E-state index contributed by atoms with van der Waals surface area (Å²) in [6.45, 7) is -0.980. The van der Waals surface area contributed by atoms with Crippen molar-refractivity contribution in [1.82, 2.24) is 15.3 Å². The van der Waals surface area contributed by atoms with Crippen molar-refractivity contribution in [3.63, 3.8) is 0 Å². The lowest BCUT2D eigenvalue weighted by atomic mass is 10.0. The maximum absolute atomic E-state index is 14.4. The number of amides is 1. The standard InChI is InChI=1S/C21H15F2N3O4/c22-11-29-14-6-3-12(4-7-14)18(19-15(23)2-1-9-24-19)26-20(27)13-5-8-16-17(10-13)30-21(28)25-16/h1-10,18H,11H2,(H,25,28)(H,26,27)/t18-/m0/s1. The quantitative estimate of drug-likeness (QED) is 0.506. The predicted octanol–water partition coefficient (Wildman–Crippen LogP) is 3.48. The minimum absolute atomic E-state index is 0.0132. The van der Waals surface area contributed by atoms with E-state index in [-0.39, 0.29) is 16.8 Å². The molecule has 0 aliphatic heterocycles. The molecule has 2 aromatic carbocycles. The first-order valence-corrected chi connectivity index (χ1v) is 8.88. The zero-order valence-electron chi connectivity index (χ0n) is 15.4. The van der Waals surface area contributed by atoms with Gasteiger partial charge in [0, 0.05) is 11.8 Å². The number of carbonyl (C=O) groups excluding carboxylic acids is 1. The van der Waals surface area contributed by atoms with Crippen LogP contribution in [-0.4, -0.2) is 22.7 Å². The number of ether oxygens (including phenoxy) is 1. The molecule has 2 aromatic heterocycles. The third kappa shape index (κ3) is 3.90. The zero-order chi connectivity index (χ0) is 21.1. The number of hydrogen-bond donors (Lipinski definition) is 2. The van der Waals surface area contributed by atoms with Crippen LogP contribution in [0, 0.1) is 5.82 Å². The molecular formula is C21H15F2N3O4. The molecule has 1 atom stereocenters. The van der Waals surface area contributed by atoms with E-state index in [9.17, 15) is 18.4 Å². The summed E-state index contributed by atoms with van der Waals surface area (Å²) >= 11 is 0. The van der Waals surface area contributed by atoms with E-state index in [0.29, 0.717) is 16.8 Å². The van der Waals surface area contributed by atoms with Gasteiger partial charge in [-0.2, -0.15) is 0 Å². The van der Waals surface area contributed by atoms with Gasteiger partial charge in [0.2, 0.25) is 6.86 Å². The molecule has 0 saturated heterocycles. The van der Waals surface area contributed by atoms with Crippen LogP contribution < -0.4 is 15.8 Å². The molecule has 0 saturated carbocycles. The van der Waals surface area contributed by atoms with Gasteiger partial charge in [-0.15, -0.1) is 0 Å². The molecule has 7 nitrogen and oxygen atoms in total. The van der Waals surface area contributed by atoms with Crippen molar-refractivity contribution in [2.24, 2.45) is 0 Å². The molecule has 4 rings (SSSR count). The van der Waals surface area contributed by atoms with E-state index in [2.05, 4.69) is 15.3 Å². The fourth-order valence-corrected chi connectivity index (χ4v) is 3.04. The Morgan fingerprint density at radius 2 is 2.00 bits per heavy atom. The Labute approximate surface area is 168 Å². The number of oxazole rings is 1. The molecular weight excluding hydrogens is 396 g/mol. The molecule has 0 spiro atoms. The van der Waals surface area contributed by atoms with E-state index in [4.69, 9.17) is 9.15 Å². The second-order valence-electron chi connectivity index (χ2n) is 6.32.